The van der Waals surface area contributed by atoms with Gasteiger partial charge >= 0.3 is 0 Å². The van der Waals surface area contributed by atoms with Crippen LogP contribution >= 0.6 is 11.6 Å². The third-order valence-electron chi connectivity index (χ3n) is 3.83. The SMILES string of the molecule is Clc1ccc(CC(Cc2ccccc2)Cn2ccnc2)cc1. The fourth-order valence-electron chi connectivity index (χ4n) is 2.80. The van der Waals surface area contributed by atoms with Crippen LogP contribution in [0.3, 0.4) is 0 Å². The Balaban J connectivity index is 1.74. The van der Waals surface area contributed by atoms with Gasteiger partial charge in [0.25, 0.3) is 0 Å². The number of halogens is 1. The lowest BCUT2D eigenvalue weighted by atomic mass is 9.92. The minimum absolute atomic E-state index is 0.526. The molecular formula is C19H19ClN2. The molecule has 0 N–H and O–H groups in total. The minimum Gasteiger partial charge on any atom is -0.337 e. The molecule has 22 heavy (non-hydrogen) atoms. The summed E-state index contributed by atoms with van der Waals surface area (Å²) in [6, 6.07) is 18.8. The molecule has 0 spiro atoms. The number of nitrogens with zero attached hydrogens (tertiary/aromatic N) is 2. The summed E-state index contributed by atoms with van der Waals surface area (Å²) in [4.78, 5) is 4.15. The van der Waals surface area contributed by atoms with Crippen molar-refractivity contribution < 1.29 is 0 Å². The Labute approximate surface area is 136 Å². The summed E-state index contributed by atoms with van der Waals surface area (Å²) < 4.78 is 2.16. The van der Waals surface area contributed by atoms with E-state index in [-0.39, 0.29) is 0 Å². The lowest BCUT2D eigenvalue weighted by Gasteiger charge is -2.18. The maximum atomic E-state index is 5.98. The molecule has 0 saturated heterocycles. The second-order valence-corrected chi connectivity index (χ2v) is 6.08. The van der Waals surface area contributed by atoms with Crippen LogP contribution in [-0.2, 0) is 19.4 Å². The Morgan fingerprint density at radius 3 is 2.23 bits per heavy atom. The first-order valence-corrected chi connectivity index (χ1v) is 7.91. The van der Waals surface area contributed by atoms with Gasteiger partial charge in [0, 0.05) is 24.0 Å². The largest absolute Gasteiger partial charge is 0.337 e. The van der Waals surface area contributed by atoms with Gasteiger partial charge < -0.3 is 4.57 Å². The summed E-state index contributed by atoms with van der Waals surface area (Å²) in [6.07, 6.45) is 7.84. The number of imidazole rings is 1. The molecule has 1 aromatic heterocycles. The van der Waals surface area contributed by atoms with Crippen LogP contribution in [-0.4, -0.2) is 9.55 Å². The summed E-state index contributed by atoms with van der Waals surface area (Å²) in [7, 11) is 0. The lowest BCUT2D eigenvalue weighted by molar-refractivity contribution is 0.438. The zero-order chi connectivity index (χ0) is 15.2. The van der Waals surface area contributed by atoms with E-state index in [1.54, 1.807) is 0 Å². The smallest absolute Gasteiger partial charge is 0.0946 e. The summed E-state index contributed by atoms with van der Waals surface area (Å²) in [6.45, 7) is 0.970. The van der Waals surface area contributed by atoms with Crippen molar-refractivity contribution in [2.75, 3.05) is 0 Å². The maximum absolute atomic E-state index is 5.98. The van der Waals surface area contributed by atoms with E-state index in [2.05, 4.69) is 52.0 Å². The van der Waals surface area contributed by atoms with Gasteiger partial charge in [0.2, 0.25) is 0 Å². The van der Waals surface area contributed by atoms with E-state index in [0.29, 0.717) is 5.92 Å². The second-order valence-electron chi connectivity index (χ2n) is 5.65. The number of hydrogen-bond donors (Lipinski definition) is 0. The molecule has 1 atom stereocenters. The van der Waals surface area contributed by atoms with Crippen molar-refractivity contribution in [1.82, 2.24) is 9.55 Å². The van der Waals surface area contributed by atoms with Crippen LogP contribution in [0.5, 0.6) is 0 Å². The van der Waals surface area contributed by atoms with Crippen LogP contribution in [0.25, 0.3) is 0 Å². The van der Waals surface area contributed by atoms with Gasteiger partial charge in [-0.15, -0.1) is 0 Å². The van der Waals surface area contributed by atoms with Crippen LogP contribution in [0.1, 0.15) is 11.1 Å². The molecule has 0 bridgehead atoms. The van der Waals surface area contributed by atoms with E-state index in [1.165, 1.54) is 11.1 Å². The van der Waals surface area contributed by atoms with Gasteiger partial charge in [-0.05, 0) is 42.0 Å². The van der Waals surface area contributed by atoms with E-state index >= 15 is 0 Å². The first kappa shape index (κ1) is 14.9. The number of benzene rings is 2. The van der Waals surface area contributed by atoms with E-state index in [0.717, 1.165) is 24.4 Å². The molecule has 2 nitrogen and oxygen atoms in total. The molecule has 112 valence electrons. The van der Waals surface area contributed by atoms with Gasteiger partial charge in [0.1, 0.15) is 0 Å². The van der Waals surface area contributed by atoms with E-state index in [9.17, 15) is 0 Å². The van der Waals surface area contributed by atoms with Crippen molar-refractivity contribution in [2.45, 2.75) is 19.4 Å². The molecular weight excluding hydrogens is 292 g/mol. The first-order valence-electron chi connectivity index (χ1n) is 7.54. The van der Waals surface area contributed by atoms with E-state index < -0.39 is 0 Å². The summed E-state index contributed by atoms with van der Waals surface area (Å²) >= 11 is 5.98. The molecule has 0 aliphatic heterocycles. The minimum atomic E-state index is 0.526. The van der Waals surface area contributed by atoms with Crippen LogP contribution < -0.4 is 0 Å². The second kappa shape index (κ2) is 7.28. The highest BCUT2D eigenvalue weighted by Gasteiger charge is 2.12. The average molecular weight is 311 g/mol. The Morgan fingerprint density at radius 1 is 0.909 bits per heavy atom. The zero-order valence-electron chi connectivity index (χ0n) is 12.4. The van der Waals surface area contributed by atoms with Crippen LogP contribution in [0, 0.1) is 5.92 Å². The standard InChI is InChI=1S/C19H19ClN2/c20-19-8-6-17(7-9-19)13-18(14-22-11-10-21-15-22)12-16-4-2-1-3-5-16/h1-11,15,18H,12-14H2. The molecule has 1 unspecified atom stereocenters. The lowest BCUT2D eigenvalue weighted by Crippen LogP contribution is -2.15. The van der Waals surface area contributed by atoms with Crippen molar-refractivity contribution in [3.8, 4) is 0 Å². The molecule has 0 aliphatic rings. The summed E-state index contributed by atoms with van der Waals surface area (Å²) in [5, 5.41) is 0.790. The van der Waals surface area contributed by atoms with Gasteiger partial charge in [-0.3, -0.25) is 0 Å². The van der Waals surface area contributed by atoms with Crippen molar-refractivity contribution in [3.63, 3.8) is 0 Å². The Bertz CT molecular complexity index is 675. The molecule has 3 aromatic rings. The van der Waals surface area contributed by atoms with Crippen LogP contribution in [0.4, 0.5) is 0 Å². The molecule has 0 amide bonds. The molecule has 0 radical (unpaired) electrons. The van der Waals surface area contributed by atoms with Crippen molar-refractivity contribution in [1.29, 1.82) is 0 Å². The predicted octanol–water partition coefficient (Wildman–Crippen LogP) is 4.64. The van der Waals surface area contributed by atoms with Gasteiger partial charge in [-0.1, -0.05) is 54.1 Å². The number of rotatable bonds is 6. The topological polar surface area (TPSA) is 17.8 Å². The molecule has 2 aromatic carbocycles. The van der Waals surface area contributed by atoms with E-state index in [4.69, 9.17) is 11.6 Å². The fraction of sp³-hybridized carbons (Fsp3) is 0.211. The highest BCUT2D eigenvalue weighted by atomic mass is 35.5. The molecule has 0 aliphatic carbocycles. The summed E-state index contributed by atoms with van der Waals surface area (Å²) in [5.41, 5.74) is 2.70. The average Bonchev–Trinajstić information content (AvgIpc) is 3.03. The fourth-order valence-corrected chi connectivity index (χ4v) is 2.92. The third-order valence-corrected chi connectivity index (χ3v) is 4.09. The maximum Gasteiger partial charge on any atom is 0.0946 e. The summed E-state index contributed by atoms with van der Waals surface area (Å²) in [5.74, 6) is 0.526. The van der Waals surface area contributed by atoms with Crippen molar-refractivity contribution >= 4 is 11.6 Å². The Morgan fingerprint density at radius 2 is 1.59 bits per heavy atom. The first-order chi connectivity index (χ1) is 10.8. The van der Waals surface area contributed by atoms with Gasteiger partial charge in [0.05, 0.1) is 6.33 Å². The number of hydrogen-bond acceptors (Lipinski definition) is 1. The molecule has 3 heteroatoms. The van der Waals surface area contributed by atoms with Gasteiger partial charge in [0.15, 0.2) is 0 Å². The van der Waals surface area contributed by atoms with Crippen LogP contribution in [0.15, 0.2) is 73.3 Å². The quantitative estimate of drug-likeness (QED) is 0.648. The highest BCUT2D eigenvalue weighted by Crippen LogP contribution is 2.18. The van der Waals surface area contributed by atoms with E-state index in [1.807, 2.05) is 30.9 Å². The Kier molecular flexibility index (Phi) is 4.92. The molecule has 0 fully saturated rings. The highest BCUT2D eigenvalue weighted by molar-refractivity contribution is 6.30. The van der Waals surface area contributed by atoms with Gasteiger partial charge in [-0.25, -0.2) is 4.98 Å². The molecule has 1 heterocycles. The van der Waals surface area contributed by atoms with Crippen molar-refractivity contribution in [2.24, 2.45) is 5.92 Å². The predicted molar refractivity (Wildman–Crippen MR) is 91.0 cm³/mol. The normalized spacial score (nSPS) is 12.2. The third kappa shape index (κ3) is 4.22. The molecule has 0 saturated carbocycles. The molecule has 3 rings (SSSR count). The van der Waals surface area contributed by atoms with Gasteiger partial charge in [-0.2, -0.15) is 0 Å². The monoisotopic (exact) mass is 310 g/mol. The number of aromatic nitrogens is 2. The Hall–Kier alpha value is -2.06. The van der Waals surface area contributed by atoms with Crippen molar-refractivity contribution in [3.05, 3.63) is 89.5 Å². The van der Waals surface area contributed by atoms with Crippen LogP contribution in [0.2, 0.25) is 5.02 Å². The zero-order valence-corrected chi connectivity index (χ0v) is 13.2.